The maximum atomic E-state index is 12.9. The van der Waals surface area contributed by atoms with Gasteiger partial charge in [0.1, 0.15) is 11.5 Å². The van der Waals surface area contributed by atoms with Gasteiger partial charge in [-0.05, 0) is 36.8 Å². The SMILES string of the molecule is Cc1nc(N)ccc1-c1ccc2c(=O)n(C)c3cc(-c4ccccc4)nn3c2c1. The Kier molecular flexibility index (Phi) is 3.74. The zero-order valence-corrected chi connectivity index (χ0v) is 16.1. The van der Waals surface area contributed by atoms with E-state index in [1.165, 1.54) is 0 Å². The normalized spacial score (nSPS) is 11.4. The van der Waals surface area contributed by atoms with Gasteiger partial charge in [-0.2, -0.15) is 5.10 Å². The lowest BCUT2D eigenvalue weighted by molar-refractivity contribution is 0.850. The average Bonchev–Trinajstić information content (AvgIpc) is 3.18. The second kappa shape index (κ2) is 6.31. The first-order chi connectivity index (χ1) is 14.0. The van der Waals surface area contributed by atoms with Crippen LogP contribution in [0.3, 0.4) is 0 Å². The smallest absolute Gasteiger partial charge is 0.261 e. The summed E-state index contributed by atoms with van der Waals surface area (Å²) in [6.45, 7) is 1.93. The van der Waals surface area contributed by atoms with Crippen LogP contribution in [0.15, 0.2) is 71.5 Å². The Balaban J connectivity index is 1.82. The molecular weight excluding hydrogens is 362 g/mol. The van der Waals surface area contributed by atoms with Crippen molar-refractivity contribution in [3.8, 4) is 22.4 Å². The number of anilines is 1. The van der Waals surface area contributed by atoms with Crippen LogP contribution in [0.4, 0.5) is 5.82 Å². The first-order valence-corrected chi connectivity index (χ1v) is 9.34. The van der Waals surface area contributed by atoms with Gasteiger partial charge in [0, 0.05) is 29.9 Å². The van der Waals surface area contributed by atoms with Crippen molar-refractivity contribution in [1.82, 2.24) is 19.2 Å². The molecule has 0 saturated carbocycles. The summed E-state index contributed by atoms with van der Waals surface area (Å²) in [5, 5.41) is 5.42. The van der Waals surface area contributed by atoms with Crippen molar-refractivity contribution in [2.24, 2.45) is 7.05 Å². The van der Waals surface area contributed by atoms with E-state index in [0.717, 1.165) is 39.2 Å². The minimum Gasteiger partial charge on any atom is -0.384 e. The molecule has 5 rings (SSSR count). The highest BCUT2D eigenvalue weighted by Gasteiger charge is 2.14. The van der Waals surface area contributed by atoms with Gasteiger partial charge in [-0.15, -0.1) is 0 Å². The van der Waals surface area contributed by atoms with Crippen LogP contribution in [0, 0.1) is 6.92 Å². The number of aryl methyl sites for hydroxylation is 2. The van der Waals surface area contributed by atoms with Gasteiger partial charge in [0.25, 0.3) is 5.56 Å². The molecule has 142 valence electrons. The molecule has 6 nitrogen and oxygen atoms in total. The first kappa shape index (κ1) is 17.2. The Bertz CT molecular complexity index is 1450. The van der Waals surface area contributed by atoms with Gasteiger partial charge in [-0.3, -0.25) is 9.36 Å². The summed E-state index contributed by atoms with van der Waals surface area (Å²) in [7, 11) is 1.77. The number of nitrogen functional groups attached to an aromatic ring is 1. The number of nitrogens with zero attached hydrogens (tertiary/aromatic N) is 4. The lowest BCUT2D eigenvalue weighted by Gasteiger charge is -2.10. The fourth-order valence-electron chi connectivity index (χ4n) is 3.76. The van der Waals surface area contributed by atoms with Gasteiger partial charge in [0.15, 0.2) is 0 Å². The van der Waals surface area contributed by atoms with Crippen LogP contribution in [-0.2, 0) is 7.05 Å². The van der Waals surface area contributed by atoms with Crippen LogP contribution in [-0.4, -0.2) is 19.2 Å². The van der Waals surface area contributed by atoms with Crippen molar-refractivity contribution in [3.63, 3.8) is 0 Å². The predicted octanol–water partition coefficient (Wildman–Crippen LogP) is 3.81. The van der Waals surface area contributed by atoms with Crippen molar-refractivity contribution in [3.05, 3.63) is 82.8 Å². The largest absolute Gasteiger partial charge is 0.384 e. The molecule has 0 amide bonds. The summed E-state index contributed by atoms with van der Waals surface area (Å²) < 4.78 is 3.47. The van der Waals surface area contributed by atoms with Gasteiger partial charge in [0.2, 0.25) is 0 Å². The highest BCUT2D eigenvalue weighted by atomic mass is 16.1. The molecule has 0 atom stereocenters. The molecule has 0 fully saturated rings. The van der Waals surface area contributed by atoms with E-state index in [2.05, 4.69) is 4.98 Å². The Labute approximate surface area is 166 Å². The molecule has 0 aliphatic carbocycles. The van der Waals surface area contributed by atoms with Gasteiger partial charge in [0.05, 0.1) is 16.6 Å². The van der Waals surface area contributed by atoms with E-state index in [4.69, 9.17) is 10.8 Å². The highest BCUT2D eigenvalue weighted by Crippen LogP contribution is 2.27. The first-order valence-electron chi connectivity index (χ1n) is 9.34. The van der Waals surface area contributed by atoms with Crippen molar-refractivity contribution in [2.45, 2.75) is 6.92 Å². The predicted molar refractivity (Wildman–Crippen MR) is 116 cm³/mol. The maximum Gasteiger partial charge on any atom is 0.261 e. The number of rotatable bonds is 2. The van der Waals surface area contributed by atoms with Gasteiger partial charge < -0.3 is 5.73 Å². The Morgan fingerprint density at radius 3 is 2.48 bits per heavy atom. The van der Waals surface area contributed by atoms with Crippen LogP contribution in [0.1, 0.15) is 5.69 Å². The third-order valence-electron chi connectivity index (χ3n) is 5.28. The van der Waals surface area contributed by atoms with Crippen molar-refractivity contribution in [1.29, 1.82) is 0 Å². The Morgan fingerprint density at radius 1 is 0.931 bits per heavy atom. The summed E-state index contributed by atoms with van der Waals surface area (Å²) in [6, 6.07) is 21.4. The van der Waals surface area contributed by atoms with Crippen molar-refractivity contribution < 1.29 is 0 Å². The zero-order chi connectivity index (χ0) is 20.1. The molecule has 0 unspecified atom stereocenters. The Morgan fingerprint density at radius 2 is 1.72 bits per heavy atom. The monoisotopic (exact) mass is 381 g/mol. The molecule has 0 saturated heterocycles. The van der Waals surface area contributed by atoms with Crippen molar-refractivity contribution in [2.75, 3.05) is 5.73 Å². The van der Waals surface area contributed by atoms with E-state index >= 15 is 0 Å². The summed E-state index contributed by atoms with van der Waals surface area (Å²) in [5.74, 6) is 0.489. The lowest BCUT2D eigenvalue weighted by atomic mass is 10.0. The minimum absolute atomic E-state index is 0.0503. The Hall–Kier alpha value is -3.93. The fourth-order valence-corrected chi connectivity index (χ4v) is 3.76. The van der Waals surface area contributed by atoms with Gasteiger partial charge in [-0.1, -0.05) is 36.4 Å². The third kappa shape index (κ3) is 2.69. The quantitative estimate of drug-likeness (QED) is 0.504. The van der Waals surface area contributed by atoms with E-state index in [-0.39, 0.29) is 5.56 Å². The number of hydrogen-bond acceptors (Lipinski definition) is 4. The molecule has 0 radical (unpaired) electrons. The molecule has 6 heteroatoms. The number of nitrogens with two attached hydrogens (primary N) is 1. The molecule has 5 aromatic rings. The van der Waals surface area contributed by atoms with Gasteiger partial charge in [-0.25, -0.2) is 9.50 Å². The van der Waals surface area contributed by atoms with Gasteiger partial charge >= 0.3 is 0 Å². The molecule has 3 aromatic heterocycles. The number of pyridine rings is 1. The molecule has 0 bridgehead atoms. The topological polar surface area (TPSA) is 78.2 Å². The molecular formula is C23H19N5O. The third-order valence-corrected chi connectivity index (χ3v) is 5.28. The van der Waals surface area contributed by atoms with E-state index in [9.17, 15) is 4.79 Å². The lowest BCUT2D eigenvalue weighted by Crippen LogP contribution is -2.19. The van der Waals surface area contributed by atoms with Crippen LogP contribution >= 0.6 is 0 Å². The fraction of sp³-hybridized carbons (Fsp3) is 0.0870. The molecule has 2 N–H and O–H groups in total. The number of hydrogen-bond donors (Lipinski definition) is 1. The van der Waals surface area contributed by atoms with Crippen LogP contribution in [0.5, 0.6) is 0 Å². The second-order valence-corrected chi connectivity index (χ2v) is 7.13. The molecule has 0 aliphatic rings. The van der Waals surface area contributed by atoms with Crippen LogP contribution in [0.25, 0.3) is 38.9 Å². The second-order valence-electron chi connectivity index (χ2n) is 7.13. The van der Waals surface area contributed by atoms with E-state index < -0.39 is 0 Å². The standard InChI is InChI=1S/C23H19N5O/c1-14-17(10-11-21(24)25-14)16-8-9-18-20(12-16)28-22(27(2)23(18)29)13-19(26-28)15-6-4-3-5-7-15/h3-13H,1-2H3,(H2,24,25). The maximum absolute atomic E-state index is 12.9. The summed E-state index contributed by atoms with van der Waals surface area (Å²) in [6.07, 6.45) is 0. The van der Waals surface area contributed by atoms with Crippen LogP contribution in [0.2, 0.25) is 0 Å². The molecule has 29 heavy (non-hydrogen) atoms. The average molecular weight is 381 g/mol. The number of fused-ring (bicyclic) bond motifs is 3. The van der Waals surface area contributed by atoms with Crippen LogP contribution < -0.4 is 11.3 Å². The zero-order valence-electron chi connectivity index (χ0n) is 16.1. The number of aromatic nitrogens is 4. The van der Waals surface area contributed by atoms with Crippen molar-refractivity contribution >= 4 is 22.4 Å². The minimum atomic E-state index is -0.0503. The highest BCUT2D eigenvalue weighted by molar-refractivity contribution is 5.86. The summed E-state index contributed by atoms with van der Waals surface area (Å²) in [5.41, 5.74) is 11.9. The van der Waals surface area contributed by atoms with E-state index in [1.54, 1.807) is 17.7 Å². The molecule has 2 aromatic carbocycles. The molecule has 3 heterocycles. The summed E-state index contributed by atoms with van der Waals surface area (Å²) in [4.78, 5) is 17.3. The molecule has 0 spiro atoms. The summed E-state index contributed by atoms with van der Waals surface area (Å²) >= 11 is 0. The van der Waals surface area contributed by atoms with E-state index in [0.29, 0.717) is 11.2 Å². The van der Waals surface area contributed by atoms with E-state index in [1.807, 2.05) is 72.1 Å². The number of benzene rings is 2. The molecule has 0 aliphatic heterocycles.